The first-order chi connectivity index (χ1) is 19.8. The Hall–Kier alpha value is -0.810. The summed E-state index contributed by atoms with van der Waals surface area (Å²) in [6.07, 6.45) is 18.3. The Kier molecular flexibility index (Phi) is 15.1. The average molecular weight is 575 g/mol. The minimum Gasteiger partial charge on any atom is -0.680 e. The fourth-order valence-electron chi connectivity index (χ4n) is 7.04. The van der Waals surface area contributed by atoms with E-state index in [2.05, 4.69) is 30.4 Å². The number of hydrogen-bond donors (Lipinski definition) is 4. The Morgan fingerprint density at radius 1 is 0.683 bits per heavy atom. The topological polar surface area (TPSA) is 73.0 Å². The molecule has 7 unspecified atom stereocenters. The normalized spacial score (nSPS) is 33.5. The first-order valence-electron chi connectivity index (χ1n) is 16.4. The molecular formula is C32H55N8Na+2. The van der Waals surface area contributed by atoms with E-state index in [9.17, 15) is 0 Å². The standard InChI is InChI=1S/C32H51N8.Na/c1-5-13-33-29(9-1)25-37-17-19-38(26-30-10-2-6-14-34-30)21-23-40(28-32-12-4-8-16-36-32)24-22-39(20-18-37)27-31-11-3-7-15-35-31;/h1-2,5-6,9-10,13-14,29,31-32H,3-4,7-8,11-12,15-28H2;/q-3;+1/p+4. The zero-order chi connectivity index (χ0) is 27.2. The molecule has 0 bridgehead atoms. The molecule has 0 aliphatic carbocycles. The van der Waals surface area contributed by atoms with E-state index in [1.807, 2.05) is 18.5 Å². The summed E-state index contributed by atoms with van der Waals surface area (Å²) in [7, 11) is 0. The van der Waals surface area contributed by atoms with Crippen LogP contribution in [0.2, 0.25) is 0 Å². The SMILES string of the molecule is C1=C[N-]C(C[NH+]2CC[NH+](Cc3ccccn3)CC[NH+](CC3CCCC[N-]3)CC[NH+](CC3CCCC[N-]3)CC2)C=C1.[Na+]. The Morgan fingerprint density at radius 2 is 1.27 bits per heavy atom. The van der Waals surface area contributed by atoms with Gasteiger partial charge in [0.1, 0.15) is 58.9 Å². The fraction of sp³-hybridized carbons (Fsp3) is 0.719. The second-order valence-electron chi connectivity index (χ2n) is 12.7. The van der Waals surface area contributed by atoms with Gasteiger partial charge in [-0.25, -0.2) is 0 Å². The molecule has 1 aromatic rings. The summed E-state index contributed by atoms with van der Waals surface area (Å²) in [6.45, 7) is 16.5. The van der Waals surface area contributed by atoms with Crippen LogP contribution in [-0.2, 0) is 6.54 Å². The number of pyridine rings is 1. The number of nitrogens with one attached hydrogen (secondary N) is 4. The Bertz CT molecular complexity index is 887. The van der Waals surface area contributed by atoms with Gasteiger partial charge in [-0.3, -0.25) is 4.98 Å². The van der Waals surface area contributed by atoms with E-state index in [0.29, 0.717) is 18.1 Å². The third-order valence-electron chi connectivity index (χ3n) is 9.51. The molecule has 5 rings (SSSR count). The van der Waals surface area contributed by atoms with Gasteiger partial charge in [-0.15, -0.1) is 13.1 Å². The first-order valence-corrected chi connectivity index (χ1v) is 16.4. The molecule has 4 aliphatic rings. The van der Waals surface area contributed by atoms with Crippen molar-refractivity contribution in [1.82, 2.24) is 4.98 Å². The van der Waals surface area contributed by atoms with Crippen molar-refractivity contribution in [3.63, 3.8) is 0 Å². The van der Waals surface area contributed by atoms with Gasteiger partial charge < -0.3 is 35.6 Å². The second kappa shape index (κ2) is 18.8. The van der Waals surface area contributed by atoms with Crippen molar-refractivity contribution in [2.75, 3.05) is 85.1 Å². The number of piperidine rings is 2. The van der Waals surface area contributed by atoms with Crippen molar-refractivity contribution in [3.05, 3.63) is 70.5 Å². The molecule has 4 N–H and O–H groups in total. The Balaban J connectivity index is 0.00000387. The molecular weight excluding hydrogens is 519 g/mol. The van der Waals surface area contributed by atoms with Crippen molar-refractivity contribution in [3.8, 4) is 0 Å². The largest absolute Gasteiger partial charge is 1.00 e. The minimum absolute atomic E-state index is 0. The van der Waals surface area contributed by atoms with E-state index in [1.54, 1.807) is 19.6 Å². The fourth-order valence-corrected chi connectivity index (χ4v) is 7.04. The molecule has 9 heteroatoms. The average Bonchev–Trinajstić information content (AvgIpc) is 3.00. The maximum atomic E-state index is 5.04. The second-order valence-corrected chi connectivity index (χ2v) is 12.7. The minimum atomic E-state index is 0. The quantitative estimate of drug-likeness (QED) is 0.234. The summed E-state index contributed by atoms with van der Waals surface area (Å²) in [5.74, 6) is 0. The number of hydrogen-bond acceptors (Lipinski definition) is 1. The zero-order valence-electron chi connectivity index (χ0n) is 25.8. The van der Waals surface area contributed by atoms with Gasteiger partial charge in [-0.2, -0.15) is 6.20 Å². The number of allylic oxidation sites excluding steroid dienone is 2. The smallest absolute Gasteiger partial charge is 0.680 e. The molecule has 1 aromatic heterocycles. The van der Waals surface area contributed by atoms with Gasteiger partial charge in [0, 0.05) is 6.20 Å². The van der Waals surface area contributed by atoms with Crippen LogP contribution >= 0.6 is 0 Å². The zero-order valence-corrected chi connectivity index (χ0v) is 27.8. The molecule has 0 aromatic carbocycles. The molecule has 5 heterocycles. The van der Waals surface area contributed by atoms with E-state index in [0.717, 1.165) is 26.2 Å². The van der Waals surface area contributed by atoms with Crippen LogP contribution in [0.5, 0.6) is 0 Å². The van der Waals surface area contributed by atoms with E-state index in [-0.39, 0.29) is 29.6 Å². The molecule has 222 valence electrons. The molecule has 7 atom stereocenters. The summed E-state index contributed by atoms with van der Waals surface area (Å²) in [4.78, 5) is 11.6. The number of rotatable bonds is 8. The van der Waals surface area contributed by atoms with E-state index < -0.39 is 0 Å². The van der Waals surface area contributed by atoms with Gasteiger partial charge in [0.15, 0.2) is 0 Å². The third-order valence-corrected chi connectivity index (χ3v) is 9.51. The molecule has 0 radical (unpaired) electrons. The van der Waals surface area contributed by atoms with Crippen molar-refractivity contribution in [2.24, 2.45) is 0 Å². The van der Waals surface area contributed by atoms with Gasteiger partial charge in [0.05, 0.1) is 25.3 Å². The summed E-state index contributed by atoms with van der Waals surface area (Å²) < 4.78 is 0. The van der Waals surface area contributed by atoms with Crippen molar-refractivity contribution in [2.45, 2.75) is 63.2 Å². The van der Waals surface area contributed by atoms with Crippen LogP contribution in [0.4, 0.5) is 0 Å². The summed E-state index contributed by atoms with van der Waals surface area (Å²) in [6, 6.07) is 7.81. The van der Waals surface area contributed by atoms with Crippen molar-refractivity contribution < 1.29 is 49.2 Å². The number of aromatic nitrogens is 1. The van der Waals surface area contributed by atoms with E-state index in [4.69, 9.17) is 20.9 Å². The van der Waals surface area contributed by atoms with Crippen LogP contribution in [0.15, 0.2) is 48.8 Å². The molecule has 0 spiro atoms. The van der Waals surface area contributed by atoms with E-state index >= 15 is 0 Å². The van der Waals surface area contributed by atoms with Crippen molar-refractivity contribution in [1.29, 1.82) is 0 Å². The van der Waals surface area contributed by atoms with Gasteiger partial charge in [0.25, 0.3) is 0 Å². The monoisotopic (exact) mass is 574 g/mol. The van der Waals surface area contributed by atoms with E-state index in [1.165, 1.54) is 110 Å². The molecule has 8 nitrogen and oxygen atoms in total. The number of nitrogens with zero attached hydrogens (tertiary/aromatic N) is 4. The predicted octanol–water partition coefficient (Wildman–Crippen LogP) is -4.18. The van der Waals surface area contributed by atoms with Crippen LogP contribution in [0.1, 0.15) is 44.2 Å². The van der Waals surface area contributed by atoms with Gasteiger partial charge >= 0.3 is 29.6 Å². The van der Waals surface area contributed by atoms with Gasteiger partial charge in [0.2, 0.25) is 0 Å². The molecule has 3 saturated heterocycles. The summed E-state index contributed by atoms with van der Waals surface area (Å²) in [5.41, 5.74) is 1.22. The third kappa shape index (κ3) is 12.0. The Morgan fingerprint density at radius 3 is 1.76 bits per heavy atom. The molecule has 41 heavy (non-hydrogen) atoms. The molecule has 4 aliphatic heterocycles. The maximum absolute atomic E-state index is 5.04. The van der Waals surface area contributed by atoms with Crippen LogP contribution in [-0.4, -0.2) is 108 Å². The summed E-state index contributed by atoms with van der Waals surface area (Å²) in [5, 5.41) is 14.9. The molecule has 0 saturated carbocycles. The molecule has 3 fully saturated rings. The van der Waals surface area contributed by atoms with Crippen LogP contribution in [0.3, 0.4) is 0 Å². The summed E-state index contributed by atoms with van der Waals surface area (Å²) >= 11 is 0. The van der Waals surface area contributed by atoms with Crippen LogP contribution in [0.25, 0.3) is 16.0 Å². The van der Waals surface area contributed by atoms with Gasteiger partial charge in [-0.05, 0) is 18.2 Å². The van der Waals surface area contributed by atoms with Crippen molar-refractivity contribution >= 4 is 0 Å². The maximum Gasteiger partial charge on any atom is 1.00 e. The van der Waals surface area contributed by atoms with Crippen LogP contribution < -0.4 is 49.2 Å². The Labute approximate surface area is 271 Å². The number of quaternary nitrogens is 4. The van der Waals surface area contributed by atoms with Crippen LogP contribution in [0, 0.1) is 0 Å². The molecule has 0 amide bonds. The first kappa shape index (κ1) is 33.1. The predicted molar refractivity (Wildman–Crippen MR) is 162 cm³/mol. The van der Waals surface area contributed by atoms with Gasteiger partial charge in [-0.1, -0.05) is 74.9 Å².